The predicted molar refractivity (Wildman–Crippen MR) is 144 cm³/mol. The largest absolute Gasteiger partial charge is 0.364 e. The Bertz CT molecular complexity index is 1520. The number of nitriles is 1. The lowest BCUT2D eigenvalue weighted by Gasteiger charge is -2.19. The van der Waals surface area contributed by atoms with Gasteiger partial charge in [0.2, 0.25) is 5.91 Å². The molecule has 2 amide bonds. The minimum Gasteiger partial charge on any atom is -0.364 e. The van der Waals surface area contributed by atoms with E-state index in [0.717, 1.165) is 27.5 Å². The Labute approximate surface area is 223 Å². The van der Waals surface area contributed by atoms with Gasteiger partial charge in [0.1, 0.15) is 6.04 Å². The van der Waals surface area contributed by atoms with Gasteiger partial charge in [-0.2, -0.15) is 5.26 Å². The van der Waals surface area contributed by atoms with Crippen LogP contribution < -0.4 is 10.2 Å². The lowest BCUT2D eigenvalue weighted by atomic mass is 10.0. The highest BCUT2D eigenvalue weighted by Gasteiger charge is 2.47. The van der Waals surface area contributed by atoms with Crippen LogP contribution in [0.2, 0.25) is 0 Å². The Kier molecular flexibility index (Phi) is 6.80. The molecule has 1 fully saturated rings. The third-order valence-electron chi connectivity index (χ3n) is 6.77. The summed E-state index contributed by atoms with van der Waals surface area (Å²) in [6, 6.07) is 14.1. The highest BCUT2D eigenvalue weighted by Crippen LogP contribution is 2.39. The predicted octanol–water partition coefficient (Wildman–Crippen LogP) is 4.78. The van der Waals surface area contributed by atoms with Crippen LogP contribution >= 0.6 is 11.8 Å². The van der Waals surface area contributed by atoms with Crippen molar-refractivity contribution in [2.75, 3.05) is 30.9 Å². The molecule has 0 spiro atoms. The van der Waals surface area contributed by atoms with Gasteiger partial charge in [-0.3, -0.25) is 14.6 Å². The summed E-state index contributed by atoms with van der Waals surface area (Å²) >= 11 is 1.80. The number of alkyl halides is 2. The van der Waals surface area contributed by atoms with Crippen LogP contribution in [0.15, 0.2) is 53.6 Å². The molecule has 3 heterocycles. The molecule has 10 heteroatoms. The quantitative estimate of drug-likeness (QED) is 0.475. The van der Waals surface area contributed by atoms with Gasteiger partial charge >= 0.3 is 0 Å². The number of benzene rings is 2. The molecular formula is C28H25F2N5O2S. The van der Waals surface area contributed by atoms with Crippen LogP contribution in [0, 0.1) is 11.3 Å². The molecule has 0 bridgehead atoms. The number of fused-ring (bicyclic) bond motifs is 2. The molecule has 3 aromatic rings. The Morgan fingerprint density at radius 1 is 1.26 bits per heavy atom. The lowest BCUT2D eigenvalue weighted by Crippen LogP contribution is -2.43. The van der Waals surface area contributed by atoms with E-state index in [-0.39, 0.29) is 0 Å². The van der Waals surface area contributed by atoms with Gasteiger partial charge in [0.05, 0.1) is 41.8 Å². The van der Waals surface area contributed by atoms with Crippen molar-refractivity contribution in [3.05, 3.63) is 65.4 Å². The molecule has 5 rings (SSSR count). The van der Waals surface area contributed by atoms with E-state index in [2.05, 4.69) is 40.4 Å². The number of halogens is 2. The fraction of sp³-hybridized carbons (Fsp3) is 0.286. The molecule has 194 valence electrons. The monoisotopic (exact) mass is 533 g/mol. The average molecular weight is 534 g/mol. The highest BCUT2D eigenvalue weighted by molar-refractivity contribution is 7.99. The standard InChI is InChI=1S/C28H25F2N5O2S/c1-17(19-4-6-24-25(11-19)38-16-34(24)2)9-18-3-5-23-22(10-18)21(7-8-32-23)27(37)33-14-26(36)35-15-28(29,30)12-20(35)13-31/h3-11,20H,12,14-16H2,1-2H3,(H,33,37). The van der Waals surface area contributed by atoms with Crippen molar-refractivity contribution in [2.24, 2.45) is 0 Å². The first-order chi connectivity index (χ1) is 18.1. The van der Waals surface area contributed by atoms with E-state index in [1.165, 1.54) is 16.8 Å². The molecule has 1 aromatic heterocycles. The van der Waals surface area contributed by atoms with Crippen LogP contribution in [0.5, 0.6) is 0 Å². The minimum atomic E-state index is -3.11. The molecule has 0 aliphatic carbocycles. The first-order valence-corrected chi connectivity index (χ1v) is 13.0. The minimum absolute atomic E-state index is 0.316. The average Bonchev–Trinajstić information content (AvgIpc) is 3.44. The Morgan fingerprint density at radius 3 is 2.87 bits per heavy atom. The van der Waals surface area contributed by atoms with Crippen molar-refractivity contribution < 1.29 is 18.4 Å². The maximum atomic E-state index is 13.7. The zero-order valence-electron chi connectivity index (χ0n) is 20.9. The first kappa shape index (κ1) is 25.7. The second-order valence-corrected chi connectivity index (χ2v) is 10.5. The Morgan fingerprint density at radius 2 is 2.08 bits per heavy atom. The molecule has 0 saturated carbocycles. The number of nitrogens with one attached hydrogen (secondary N) is 1. The Balaban J connectivity index is 1.35. The summed E-state index contributed by atoms with van der Waals surface area (Å²) in [5.41, 5.74) is 5.21. The molecule has 1 saturated heterocycles. The molecule has 38 heavy (non-hydrogen) atoms. The van der Waals surface area contributed by atoms with Crippen LogP contribution in [0.4, 0.5) is 14.5 Å². The number of aromatic nitrogens is 1. The molecule has 1 atom stereocenters. The number of nitrogens with zero attached hydrogens (tertiary/aromatic N) is 4. The Hall–Kier alpha value is -3.97. The zero-order chi connectivity index (χ0) is 27.0. The first-order valence-electron chi connectivity index (χ1n) is 12.1. The summed E-state index contributed by atoms with van der Waals surface area (Å²) in [6.07, 6.45) is 2.85. The van der Waals surface area contributed by atoms with Gasteiger partial charge in [0, 0.05) is 29.9 Å². The third kappa shape index (κ3) is 5.07. The number of anilines is 1. The van der Waals surface area contributed by atoms with Crippen molar-refractivity contribution in [1.29, 1.82) is 5.26 Å². The third-order valence-corrected chi connectivity index (χ3v) is 7.93. The van der Waals surface area contributed by atoms with Crippen LogP contribution in [-0.4, -0.2) is 59.7 Å². The van der Waals surface area contributed by atoms with E-state index < -0.39 is 43.3 Å². The van der Waals surface area contributed by atoms with E-state index in [1.807, 2.05) is 31.2 Å². The summed E-state index contributed by atoms with van der Waals surface area (Å²) in [6.45, 7) is 0.724. The fourth-order valence-electron chi connectivity index (χ4n) is 4.76. The van der Waals surface area contributed by atoms with Gasteiger partial charge in [-0.05, 0) is 54.0 Å². The summed E-state index contributed by atoms with van der Waals surface area (Å²) in [5.74, 6) is -3.43. The van der Waals surface area contributed by atoms with Gasteiger partial charge in [0.15, 0.2) is 0 Å². The molecular weight excluding hydrogens is 508 g/mol. The van der Waals surface area contributed by atoms with Gasteiger partial charge < -0.3 is 15.1 Å². The molecule has 2 aromatic carbocycles. The number of pyridine rings is 1. The number of carbonyl (C=O) groups excluding carboxylic acids is 2. The van der Waals surface area contributed by atoms with E-state index in [1.54, 1.807) is 23.9 Å². The van der Waals surface area contributed by atoms with Gasteiger partial charge in [-0.1, -0.05) is 18.2 Å². The number of thioether (sulfide) groups is 1. The van der Waals surface area contributed by atoms with E-state index >= 15 is 0 Å². The van der Waals surface area contributed by atoms with E-state index in [9.17, 15) is 18.4 Å². The molecule has 7 nitrogen and oxygen atoms in total. The van der Waals surface area contributed by atoms with Gasteiger partial charge in [-0.25, -0.2) is 8.78 Å². The normalized spacial score (nSPS) is 18.4. The maximum Gasteiger partial charge on any atom is 0.268 e. The summed E-state index contributed by atoms with van der Waals surface area (Å²) in [5, 5.41) is 12.2. The summed E-state index contributed by atoms with van der Waals surface area (Å²) in [7, 11) is 2.07. The van der Waals surface area contributed by atoms with Crippen LogP contribution in [0.25, 0.3) is 22.6 Å². The molecule has 2 aliphatic rings. The van der Waals surface area contributed by atoms with Crippen molar-refractivity contribution in [3.63, 3.8) is 0 Å². The topological polar surface area (TPSA) is 89.3 Å². The SMILES string of the molecule is CC(=Cc1ccc2nccc(C(=O)NCC(=O)N3CC(F)(F)CC3C#N)c2c1)c1ccc2c(c1)SCN2C. The molecule has 1 unspecified atom stereocenters. The number of likely N-dealkylation sites (tertiary alicyclic amines) is 1. The number of allylic oxidation sites excluding steroid dienone is 1. The van der Waals surface area contributed by atoms with Crippen molar-refractivity contribution in [2.45, 2.75) is 30.2 Å². The molecule has 1 N–H and O–H groups in total. The number of amides is 2. The van der Waals surface area contributed by atoms with Crippen molar-refractivity contribution in [3.8, 4) is 6.07 Å². The van der Waals surface area contributed by atoms with Gasteiger partial charge in [-0.15, -0.1) is 11.8 Å². The smallest absolute Gasteiger partial charge is 0.268 e. The van der Waals surface area contributed by atoms with Crippen molar-refractivity contribution in [1.82, 2.24) is 15.2 Å². The second kappa shape index (κ2) is 10.1. The van der Waals surface area contributed by atoms with Crippen LogP contribution in [-0.2, 0) is 4.79 Å². The fourth-order valence-corrected chi connectivity index (χ4v) is 5.81. The number of hydrogen-bond donors (Lipinski definition) is 1. The van der Waals surface area contributed by atoms with Crippen LogP contribution in [0.3, 0.4) is 0 Å². The second-order valence-electron chi connectivity index (χ2n) is 9.53. The highest BCUT2D eigenvalue weighted by atomic mass is 32.2. The summed E-state index contributed by atoms with van der Waals surface area (Å²) in [4.78, 5) is 34.1. The van der Waals surface area contributed by atoms with Gasteiger partial charge in [0.25, 0.3) is 11.8 Å². The number of rotatable bonds is 5. The number of carbonyl (C=O) groups is 2. The van der Waals surface area contributed by atoms with Crippen molar-refractivity contribution >= 4 is 51.8 Å². The lowest BCUT2D eigenvalue weighted by molar-refractivity contribution is -0.131. The number of hydrogen-bond acceptors (Lipinski definition) is 6. The van der Waals surface area contributed by atoms with Crippen LogP contribution in [0.1, 0.15) is 34.8 Å². The van der Waals surface area contributed by atoms with E-state index in [0.29, 0.717) is 16.5 Å². The van der Waals surface area contributed by atoms with E-state index in [4.69, 9.17) is 5.26 Å². The summed E-state index contributed by atoms with van der Waals surface area (Å²) < 4.78 is 27.4. The zero-order valence-corrected chi connectivity index (χ0v) is 21.7. The maximum absolute atomic E-state index is 13.7. The molecule has 0 radical (unpaired) electrons. The molecule has 2 aliphatic heterocycles.